The molecule has 0 N–H and O–H groups in total. The van der Waals surface area contributed by atoms with Crippen LogP contribution in [0.25, 0.3) is 0 Å². The van der Waals surface area contributed by atoms with Crippen molar-refractivity contribution in [2.75, 3.05) is 13.2 Å². The smallest absolute Gasteiger partial charge is 0.460 e. The molecule has 1 aliphatic heterocycles. The molecule has 0 aromatic carbocycles. The van der Waals surface area contributed by atoms with Crippen LogP contribution in [0.3, 0.4) is 0 Å². The second kappa shape index (κ2) is 6.95. The highest BCUT2D eigenvalue weighted by molar-refractivity contribution is 7.08. The van der Waals surface area contributed by atoms with Crippen molar-refractivity contribution < 1.29 is 58.5 Å². The van der Waals surface area contributed by atoms with Gasteiger partial charge in [-0.3, -0.25) is 4.79 Å². The summed E-state index contributed by atoms with van der Waals surface area (Å²) < 4.78 is 129. The van der Waals surface area contributed by atoms with E-state index in [2.05, 4.69) is 4.74 Å². The Morgan fingerprint density at radius 2 is 1.63 bits per heavy atom. The molecule has 2 rings (SSSR count). The average Bonchev–Trinajstić information content (AvgIpc) is 2.98. The number of esters is 1. The highest BCUT2D eigenvalue weighted by Gasteiger charge is 2.81. The third-order valence-electron chi connectivity index (χ3n) is 3.32. The van der Waals surface area contributed by atoms with E-state index in [1.54, 1.807) is 5.38 Å². The Hall–Kier alpha value is -1.86. The first-order valence-electron chi connectivity index (χ1n) is 6.90. The van der Waals surface area contributed by atoms with Gasteiger partial charge in [0.15, 0.2) is 17.6 Å². The van der Waals surface area contributed by atoms with Gasteiger partial charge in [-0.05, 0) is 0 Å². The van der Waals surface area contributed by atoms with Crippen LogP contribution in [0.4, 0.5) is 39.5 Å². The van der Waals surface area contributed by atoms with E-state index in [1.807, 2.05) is 0 Å². The molecule has 0 spiro atoms. The van der Waals surface area contributed by atoms with Crippen LogP contribution >= 0.6 is 11.3 Å². The quantitative estimate of drug-likeness (QED) is 0.497. The Bertz CT molecular complexity index is 686. The van der Waals surface area contributed by atoms with Gasteiger partial charge in [-0.25, -0.2) is 0 Å². The van der Waals surface area contributed by atoms with Gasteiger partial charge < -0.3 is 14.2 Å². The lowest BCUT2D eigenvalue weighted by atomic mass is 10.0. The number of carbonyl (C=O) groups is 1. The highest BCUT2D eigenvalue weighted by Crippen LogP contribution is 2.54. The van der Waals surface area contributed by atoms with Crippen molar-refractivity contribution in [3.63, 3.8) is 0 Å². The van der Waals surface area contributed by atoms with E-state index in [-0.39, 0.29) is 12.4 Å². The van der Waals surface area contributed by atoms with E-state index in [9.17, 15) is 44.3 Å². The maximum absolute atomic E-state index is 13.3. The van der Waals surface area contributed by atoms with Gasteiger partial charge in [0.2, 0.25) is 0 Å². The Balaban J connectivity index is 1.96. The van der Waals surface area contributed by atoms with Crippen molar-refractivity contribution in [1.29, 1.82) is 0 Å². The highest BCUT2D eigenvalue weighted by atomic mass is 32.1. The number of hydrogen-bond acceptors (Lipinski definition) is 5. The molecule has 1 aromatic heterocycles. The molecule has 0 saturated heterocycles. The fourth-order valence-electron chi connectivity index (χ4n) is 1.88. The molecule has 0 saturated carbocycles. The van der Waals surface area contributed by atoms with Crippen LogP contribution in [0.1, 0.15) is 6.42 Å². The molecule has 27 heavy (non-hydrogen) atoms. The number of fused-ring (bicyclic) bond motifs is 1. The number of rotatable bonds is 6. The van der Waals surface area contributed by atoms with E-state index in [0.29, 0.717) is 5.75 Å². The number of alkyl halides is 9. The van der Waals surface area contributed by atoms with Crippen LogP contribution in [-0.4, -0.2) is 49.2 Å². The lowest BCUT2D eigenvalue weighted by Gasteiger charge is -2.33. The topological polar surface area (TPSA) is 44.8 Å². The lowest BCUT2D eigenvalue weighted by Crippen LogP contribution is -2.61. The number of hydrogen-bond donors (Lipinski definition) is 0. The predicted molar refractivity (Wildman–Crippen MR) is 70.7 cm³/mol. The van der Waals surface area contributed by atoms with Gasteiger partial charge in [0.05, 0.1) is 0 Å². The first-order valence-corrected chi connectivity index (χ1v) is 7.85. The normalized spacial score (nSPS) is 18.3. The van der Waals surface area contributed by atoms with Crippen molar-refractivity contribution in [3.05, 3.63) is 10.8 Å². The monoisotopic (exact) mass is 432 g/mol. The van der Waals surface area contributed by atoms with Crippen LogP contribution in [0.15, 0.2) is 10.8 Å². The van der Waals surface area contributed by atoms with Gasteiger partial charge in [0, 0.05) is 10.8 Å². The van der Waals surface area contributed by atoms with E-state index in [4.69, 9.17) is 9.47 Å². The molecule has 1 aromatic rings. The third-order valence-corrected chi connectivity index (χ3v) is 4.02. The number of ether oxygens (including phenoxy) is 3. The first-order chi connectivity index (χ1) is 12.2. The zero-order valence-corrected chi connectivity index (χ0v) is 13.6. The Morgan fingerprint density at radius 1 is 1.04 bits per heavy atom. The summed E-state index contributed by atoms with van der Waals surface area (Å²) in [7, 11) is 0. The summed E-state index contributed by atoms with van der Waals surface area (Å²) >= 11 is 1.19. The Morgan fingerprint density at radius 3 is 2.22 bits per heavy atom. The second-order valence-corrected chi connectivity index (χ2v) is 6.11. The van der Waals surface area contributed by atoms with Crippen LogP contribution < -0.4 is 9.47 Å². The maximum Gasteiger partial charge on any atom is 0.460 e. The molecule has 154 valence electrons. The average molecular weight is 432 g/mol. The summed E-state index contributed by atoms with van der Waals surface area (Å²) in [6, 6.07) is 0. The van der Waals surface area contributed by atoms with Crippen molar-refractivity contribution in [2.45, 2.75) is 36.5 Å². The molecule has 1 unspecified atom stereocenters. The Labute approximate surface area is 148 Å². The maximum atomic E-state index is 13.3. The fourth-order valence-corrected chi connectivity index (χ4v) is 2.55. The molecule has 0 aliphatic carbocycles. The lowest BCUT2D eigenvalue weighted by molar-refractivity contribution is -0.395. The number of halogens is 9. The van der Waals surface area contributed by atoms with Gasteiger partial charge in [0.1, 0.15) is 19.6 Å². The standard InChI is InChI=1S/C13H9F9O4S/c14-10(15,11(16,17)12(18,19)13(20,21)22)1-9(23)25-3-6-2-24-7-4-27-5-8(7)26-6/h4-6H,1-3H2. The summed E-state index contributed by atoms with van der Waals surface area (Å²) in [5, 5.41) is 3.07. The minimum atomic E-state index is -7.06. The van der Waals surface area contributed by atoms with Crippen molar-refractivity contribution in [1.82, 2.24) is 0 Å². The first kappa shape index (κ1) is 21.4. The van der Waals surface area contributed by atoms with Crippen LogP contribution in [-0.2, 0) is 9.53 Å². The molecular weight excluding hydrogens is 423 g/mol. The van der Waals surface area contributed by atoms with Crippen LogP contribution in [0.2, 0.25) is 0 Å². The molecule has 14 heteroatoms. The zero-order valence-electron chi connectivity index (χ0n) is 12.8. The SMILES string of the molecule is O=C(CC(F)(F)C(F)(F)C(F)(F)C(F)(F)F)OCC1COc2cscc2O1. The molecule has 0 amide bonds. The fraction of sp³-hybridized carbons (Fsp3) is 0.615. The molecule has 0 bridgehead atoms. The third kappa shape index (κ3) is 4.04. The largest absolute Gasteiger partial charge is 0.485 e. The molecule has 1 atom stereocenters. The summed E-state index contributed by atoms with van der Waals surface area (Å²) in [5.41, 5.74) is 0. The van der Waals surface area contributed by atoms with Crippen LogP contribution in [0, 0.1) is 0 Å². The molecule has 4 nitrogen and oxygen atoms in total. The van der Waals surface area contributed by atoms with E-state index < -0.39 is 49.0 Å². The number of carbonyl (C=O) groups excluding carboxylic acids is 1. The summed E-state index contributed by atoms with van der Waals surface area (Å²) in [5.74, 6) is -21.4. The summed E-state index contributed by atoms with van der Waals surface area (Å²) in [6.45, 7) is -0.971. The van der Waals surface area contributed by atoms with E-state index in [1.165, 1.54) is 16.7 Å². The van der Waals surface area contributed by atoms with Gasteiger partial charge in [0.25, 0.3) is 0 Å². The van der Waals surface area contributed by atoms with Gasteiger partial charge in [-0.2, -0.15) is 39.5 Å². The molecule has 2 heterocycles. The minimum absolute atomic E-state index is 0.199. The van der Waals surface area contributed by atoms with E-state index >= 15 is 0 Å². The van der Waals surface area contributed by atoms with Gasteiger partial charge >= 0.3 is 29.9 Å². The minimum Gasteiger partial charge on any atom is -0.485 e. The van der Waals surface area contributed by atoms with Crippen LogP contribution in [0.5, 0.6) is 11.5 Å². The van der Waals surface area contributed by atoms with Crippen molar-refractivity contribution >= 4 is 17.3 Å². The molecule has 0 fully saturated rings. The summed E-state index contributed by atoms with van der Waals surface area (Å²) in [4.78, 5) is 11.3. The molecule has 0 radical (unpaired) electrons. The molecule has 1 aliphatic rings. The van der Waals surface area contributed by atoms with E-state index in [0.717, 1.165) is 0 Å². The Kier molecular flexibility index (Phi) is 5.52. The van der Waals surface area contributed by atoms with Crippen molar-refractivity contribution in [2.24, 2.45) is 0 Å². The second-order valence-electron chi connectivity index (χ2n) is 5.36. The zero-order chi connectivity index (χ0) is 20.7. The molecular formula is C13H9F9O4S. The van der Waals surface area contributed by atoms with Gasteiger partial charge in [-0.15, -0.1) is 11.3 Å². The number of thiophene rings is 1. The predicted octanol–water partition coefficient (Wildman–Crippen LogP) is 4.29. The van der Waals surface area contributed by atoms with Gasteiger partial charge in [-0.1, -0.05) is 0 Å². The summed E-state index contributed by atoms with van der Waals surface area (Å²) in [6.07, 6.45) is -10.7. The van der Waals surface area contributed by atoms with Crippen molar-refractivity contribution in [3.8, 4) is 11.5 Å².